The van der Waals surface area contributed by atoms with Gasteiger partial charge in [-0.25, -0.2) is 0 Å². The lowest BCUT2D eigenvalue weighted by molar-refractivity contribution is -0.141. The van der Waals surface area contributed by atoms with Gasteiger partial charge in [0.25, 0.3) is 0 Å². The Hall–Kier alpha value is -2.47. The lowest BCUT2D eigenvalue weighted by Crippen LogP contribution is -2.16. The Kier molecular flexibility index (Phi) is 6.89. The van der Waals surface area contributed by atoms with Crippen LogP contribution < -0.4 is 5.32 Å². The number of hydrogen-bond donors (Lipinski definition) is 1. The molecule has 0 saturated carbocycles. The largest absolute Gasteiger partial charge is 0.457 e. The zero-order valence-corrected chi connectivity index (χ0v) is 15.3. The van der Waals surface area contributed by atoms with Gasteiger partial charge in [-0.1, -0.05) is 35.0 Å². The van der Waals surface area contributed by atoms with Crippen molar-refractivity contribution in [2.24, 2.45) is 0 Å². The van der Waals surface area contributed by atoms with Crippen LogP contribution in [0.3, 0.4) is 0 Å². The van der Waals surface area contributed by atoms with Crippen molar-refractivity contribution in [1.29, 1.82) is 0 Å². The molecule has 0 unspecified atom stereocenters. The minimum absolute atomic E-state index is 0.0963. The number of esters is 1. The summed E-state index contributed by atoms with van der Waals surface area (Å²) in [5.41, 5.74) is 1.86. The number of anilines is 1. The zero-order chi connectivity index (χ0) is 18.2. The third-order valence-corrected chi connectivity index (χ3v) is 3.97. The van der Waals surface area contributed by atoms with E-state index in [4.69, 9.17) is 4.74 Å². The second kappa shape index (κ2) is 9.13. The van der Waals surface area contributed by atoms with Gasteiger partial charge in [0.1, 0.15) is 0 Å². The fourth-order valence-electron chi connectivity index (χ4n) is 2.04. The van der Waals surface area contributed by atoms with E-state index in [0.717, 1.165) is 10.0 Å². The lowest BCUT2D eigenvalue weighted by atomic mass is 10.1. The smallest absolute Gasteiger partial charge is 0.310 e. The molecular formula is C19H18BrNO4. The van der Waals surface area contributed by atoms with Gasteiger partial charge < -0.3 is 10.1 Å². The minimum atomic E-state index is -0.456. The Morgan fingerprint density at radius 1 is 1.00 bits per heavy atom. The van der Waals surface area contributed by atoms with Crippen molar-refractivity contribution in [3.05, 3.63) is 64.1 Å². The molecule has 0 aromatic heterocycles. The van der Waals surface area contributed by atoms with Crippen LogP contribution >= 0.6 is 15.9 Å². The minimum Gasteiger partial charge on any atom is -0.457 e. The van der Waals surface area contributed by atoms with E-state index in [1.165, 1.54) is 0 Å². The molecule has 2 aromatic carbocycles. The van der Waals surface area contributed by atoms with Crippen molar-refractivity contribution in [3.8, 4) is 0 Å². The van der Waals surface area contributed by atoms with E-state index in [1.54, 1.807) is 31.2 Å². The van der Waals surface area contributed by atoms with Gasteiger partial charge in [0, 0.05) is 22.1 Å². The van der Waals surface area contributed by atoms with Gasteiger partial charge in [0.2, 0.25) is 5.91 Å². The second-order valence-corrected chi connectivity index (χ2v) is 6.28. The molecule has 130 valence electrons. The van der Waals surface area contributed by atoms with Crippen LogP contribution in [0.5, 0.6) is 0 Å². The lowest BCUT2D eigenvalue weighted by Gasteiger charge is -2.06. The monoisotopic (exact) mass is 403 g/mol. The molecule has 0 radical (unpaired) electrons. The summed E-state index contributed by atoms with van der Waals surface area (Å²) in [6, 6.07) is 13.8. The summed E-state index contributed by atoms with van der Waals surface area (Å²) in [7, 11) is 0. The molecule has 5 nitrogen and oxygen atoms in total. The molecule has 2 aromatic rings. The first-order chi connectivity index (χ1) is 12.0. The first kappa shape index (κ1) is 18.9. The van der Waals surface area contributed by atoms with Gasteiger partial charge >= 0.3 is 5.97 Å². The predicted octanol–water partition coefficient (Wildman–Crippen LogP) is 3.77. The van der Waals surface area contributed by atoms with Gasteiger partial charge in [0.05, 0.1) is 6.42 Å². The van der Waals surface area contributed by atoms with E-state index in [0.29, 0.717) is 17.7 Å². The van der Waals surface area contributed by atoms with E-state index in [1.807, 2.05) is 24.3 Å². The summed E-state index contributed by atoms with van der Waals surface area (Å²) >= 11 is 3.33. The number of rotatable bonds is 7. The Morgan fingerprint density at radius 2 is 1.64 bits per heavy atom. The van der Waals surface area contributed by atoms with Gasteiger partial charge in [-0.2, -0.15) is 0 Å². The van der Waals surface area contributed by atoms with Crippen molar-refractivity contribution in [2.45, 2.75) is 19.8 Å². The Labute approximate surface area is 154 Å². The number of amides is 1. The Balaban J connectivity index is 1.83. The van der Waals surface area contributed by atoms with Crippen molar-refractivity contribution in [3.63, 3.8) is 0 Å². The van der Waals surface area contributed by atoms with Crippen LogP contribution in [0.1, 0.15) is 29.3 Å². The standard InChI is InChI=1S/C19H18BrNO4/c1-2-18(23)21-16-9-5-14(6-10-16)17(22)12-25-19(24)11-13-3-7-15(20)8-4-13/h3-10H,2,11-12H2,1H3,(H,21,23). The number of benzene rings is 2. The summed E-state index contributed by atoms with van der Waals surface area (Å²) in [5, 5.41) is 2.70. The van der Waals surface area contributed by atoms with Crippen LogP contribution in [0.25, 0.3) is 0 Å². The van der Waals surface area contributed by atoms with E-state index in [-0.39, 0.29) is 24.7 Å². The summed E-state index contributed by atoms with van der Waals surface area (Å²) < 4.78 is 5.96. The molecule has 1 N–H and O–H groups in total. The van der Waals surface area contributed by atoms with Crippen molar-refractivity contribution in [2.75, 3.05) is 11.9 Å². The van der Waals surface area contributed by atoms with Gasteiger partial charge in [-0.05, 0) is 42.0 Å². The molecule has 0 heterocycles. The van der Waals surface area contributed by atoms with E-state index in [2.05, 4.69) is 21.2 Å². The SMILES string of the molecule is CCC(=O)Nc1ccc(C(=O)COC(=O)Cc2ccc(Br)cc2)cc1. The Bertz CT molecular complexity index is 754. The number of ketones is 1. The van der Waals surface area contributed by atoms with E-state index >= 15 is 0 Å². The first-order valence-corrected chi connectivity index (χ1v) is 8.60. The average molecular weight is 404 g/mol. The third-order valence-electron chi connectivity index (χ3n) is 3.44. The van der Waals surface area contributed by atoms with Crippen LogP contribution in [0.15, 0.2) is 53.0 Å². The molecule has 0 spiro atoms. The maximum absolute atomic E-state index is 12.1. The highest BCUT2D eigenvalue weighted by Crippen LogP contribution is 2.12. The topological polar surface area (TPSA) is 72.5 Å². The Morgan fingerprint density at radius 3 is 2.24 bits per heavy atom. The number of halogens is 1. The number of carbonyl (C=O) groups excluding carboxylic acids is 3. The molecule has 0 aliphatic heterocycles. The van der Waals surface area contributed by atoms with Gasteiger partial charge in [-0.3, -0.25) is 14.4 Å². The normalized spacial score (nSPS) is 10.2. The van der Waals surface area contributed by atoms with Crippen molar-refractivity contribution < 1.29 is 19.1 Å². The van der Waals surface area contributed by atoms with Crippen LogP contribution in [-0.2, 0) is 20.7 Å². The highest BCUT2D eigenvalue weighted by molar-refractivity contribution is 9.10. The molecular weight excluding hydrogens is 386 g/mol. The van der Waals surface area contributed by atoms with Crippen molar-refractivity contribution >= 4 is 39.3 Å². The molecule has 1 amide bonds. The van der Waals surface area contributed by atoms with Crippen LogP contribution in [0, 0.1) is 0 Å². The molecule has 0 bridgehead atoms. The maximum atomic E-state index is 12.1. The average Bonchev–Trinajstić information content (AvgIpc) is 2.62. The number of ether oxygens (including phenoxy) is 1. The fraction of sp³-hybridized carbons (Fsp3) is 0.211. The van der Waals surface area contributed by atoms with Crippen LogP contribution in [0.2, 0.25) is 0 Å². The molecule has 0 aliphatic rings. The van der Waals surface area contributed by atoms with Gasteiger partial charge in [-0.15, -0.1) is 0 Å². The summed E-state index contributed by atoms with van der Waals surface area (Å²) in [5.74, 6) is -0.846. The molecule has 0 fully saturated rings. The number of Topliss-reactive ketones (excluding diaryl/α,β-unsaturated/α-hetero) is 1. The summed E-state index contributed by atoms with van der Waals surface area (Å²) in [6.45, 7) is 1.45. The first-order valence-electron chi connectivity index (χ1n) is 7.81. The molecule has 0 aliphatic carbocycles. The number of hydrogen-bond acceptors (Lipinski definition) is 4. The maximum Gasteiger partial charge on any atom is 0.310 e. The predicted molar refractivity (Wildman–Crippen MR) is 98.5 cm³/mol. The number of nitrogens with one attached hydrogen (secondary N) is 1. The quantitative estimate of drug-likeness (QED) is 0.564. The molecule has 6 heteroatoms. The van der Waals surface area contributed by atoms with E-state index in [9.17, 15) is 14.4 Å². The highest BCUT2D eigenvalue weighted by atomic mass is 79.9. The van der Waals surface area contributed by atoms with Gasteiger partial charge in [0.15, 0.2) is 12.4 Å². The third kappa shape index (κ3) is 6.15. The summed E-state index contributed by atoms with van der Waals surface area (Å²) in [4.78, 5) is 35.2. The number of carbonyl (C=O) groups is 3. The van der Waals surface area contributed by atoms with E-state index < -0.39 is 5.97 Å². The van der Waals surface area contributed by atoms with Crippen LogP contribution in [0.4, 0.5) is 5.69 Å². The van der Waals surface area contributed by atoms with Crippen molar-refractivity contribution in [1.82, 2.24) is 0 Å². The molecule has 0 saturated heterocycles. The summed E-state index contributed by atoms with van der Waals surface area (Å²) in [6.07, 6.45) is 0.498. The van der Waals surface area contributed by atoms with Crippen LogP contribution in [-0.4, -0.2) is 24.3 Å². The zero-order valence-electron chi connectivity index (χ0n) is 13.8. The molecule has 25 heavy (non-hydrogen) atoms. The molecule has 0 atom stereocenters. The second-order valence-electron chi connectivity index (χ2n) is 5.37. The highest BCUT2D eigenvalue weighted by Gasteiger charge is 2.11. The fourth-order valence-corrected chi connectivity index (χ4v) is 2.30. The molecule has 2 rings (SSSR count).